The molecule has 2 saturated carbocycles. The van der Waals surface area contributed by atoms with Gasteiger partial charge in [0.2, 0.25) is 0 Å². The highest BCUT2D eigenvalue weighted by molar-refractivity contribution is 6.74. The standard InChI is InChI=1S/C31H55NO7Si/c1-14-28(7)19-20(33)31(36)29(8)21(38-40(12,13)26(2,3)4)15-17-27(5,6)24(29)23(35)25(30(31,9)39-28)37-22(34)16-18-32(10)11/h14,21,23-25,35-36H,1,15-19H2,2-13H3/t21-,23-,24-,25-,28-,29-,30+,31-/m0/s1. The SMILES string of the molecule is C=C[C@@]1(C)CC(=O)[C@]2(O)[C@@]3(C)[C@@H](O[Si](C)(C)C(C)(C)C)CCC(C)(C)[C@@H]3[C@H](O)[C@H](OC(=O)CCN(C)C)[C@@]2(C)O1. The molecule has 3 fully saturated rings. The molecule has 1 heterocycles. The van der Waals surface area contributed by atoms with Gasteiger partial charge in [-0.05, 0) is 64.3 Å². The van der Waals surface area contributed by atoms with Gasteiger partial charge in [0.25, 0.3) is 0 Å². The van der Waals surface area contributed by atoms with E-state index in [1.807, 2.05) is 25.9 Å². The lowest BCUT2D eigenvalue weighted by atomic mass is 9.40. The van der Waals surface area contributed by atoms with Crippen molar-refractivity contribution in [3.63, 3.8) is 0 Å². The van der Waals surface area contributed by atoms with Crippen LogP contribution in [0.2, 0.25) is 18.1 Å². The van der Waals surface area contributed by atoms with E-state index in [9.17, 15) is 19.8 Å². The number of hydrogen-bond acceptors (Lipinski definition) is 8. The molecule has 0 amide bonds. The number of aliphatic hydroxyl groups excluding tert-OH is 1. The Hall–Kier alpha value is -1.10. The molecule has 3 rings (SSSR count). The van der Waals surface area contributed by atoms with E-state index < -0.39 is 71.9 Å². The summed E-state index contributed by atoms with van der Waals surface area (Å²) >= 11 is 0. The first-order chi connectivity index (χ1) is 17.9. The van der Waals surface area contributed by atoms with Crippen molar-refractivity contribution in [2.24, 2.45) is 16.7 Å². The van der Waals surface area contributed by atoms with Gasteiger partial charge in [-0.15, -0.1) is 6.58 Å². The summed E-state index contributed by atoms with van der Waals surface area (Å²) in [7, 11) is 1.35. The lowest BCUT2D eigenvalue weighted by Gasteiger charge is -2.72. The van der Waals surface area contributed by atoms with Crippen LogP contribution in [0.25, 0.3) is 0 Å². The van der Waals surface area contributed by atoms with Crippen LogP contribution in [0.1, 0.15) is 81.1 Å². The zero-order valence-corrected chi connectivity index (χ0v) is 28.0. The van der Waals surface area contributed by atoms with E-state index in [-0.39, 0.29) is 17.9 Å². The summed E-state index contributed by atoms with van der Waals surface area (Å²) in [6.45, 7) is 24.5. The molecule has 0 aromatic rings. The smallest absolute Gasteiger partial charge is 0.307 e. The fraction of sp³-hybridized carbons (Fsp3) is 0.871. The summed E-state index contributed by atoms with van der Waals surface area (Å²) in [5.41, 5.74) is -6.71. The van der Waals surface area contributed by atoms with Gasteiger partial charge in [-0.25, -0.2) is 0 Å². The molecular weight excluding hydrogens is 526 g/mol. The van der Waals surface area contributed by atoms with Crippen molar-refractivity contribution in [1.29, 1.82) is 0 Å². The quantitative estimate of drug-likeness (QED) is 0.258. The Balaban J connectivity index is 2.27. The Bertz CT molecular complexity index is 1020. The Morgan fingerprint density at radius 3 is 2.27 bits per heavy atom. The lowest BCUT2D eigenvalue weighted by Crippen LogP contribution is -2.87. The van der Waals surface area contributed by atoms with Gasteiger partial charge >= 0.3 is 5.97 Å². The number of esters is 1. The molecule has 8 atom stereocenters. The summed E-state index contributed by atoms with van der Waals surface area (Å²) in [5.74, 6) is -1.54. The average molecular weight is 582 g/mol. The van der Waals surface area contributed by atoms with Crippen LogP contribution in [-0.2, 0) is 23.5 Å². The molecule has 0 unspecified atom stereocenters. The number of Topliss-reactive ketones (excluding diaryl/α,β-unsaturated/α-hetero) is 1. The van der Waals surface area contributed by atoms with Gasteiger partial charge in [-0.3, -0.25) is 9.59 Å². The first-order valence-corrected chi connectivity index (χ1v) is 17.6. The van der Waals surface area contributed by atoms with Gasteiger partial charge in [0.15, 0.2) is 25.8 Å². The minimum atomic E-state index is -2.37. The summed E-state index contributed by atoms with van der Waals surface area (Å²) in [6.07, 6.45) is -0.102. The topological polar surface area (TPSA) is 106 Å². The molecule has 0 aromatic heterocycles. The van der Waals surface area contributed by atoms with E-state index >= 15 is 0 Å². The van der Waals surface area contributed by atoms with Gasteiger partial charge in [0, 0.05) is 24.3 Å². The molecule has 3 aliphatic rings. The summed E-state index contributed by atoms with van der Waals surface area (Å²) < 4.78 is 19.7. The molecule has 1 aliphatic heterocycles. The van der Waals surface area contributed by atoms with Gasteiger partial charge < -0.3 is 29.0 Å². The second-order valence-electron chi connectivity index (χ2n) is 15.6. The predicted molar refractivity (Wildman–Crippen MR) is 158 cm³/mol. The van der Waals surface area contributed by atoms with Crippen LogP contribution in [-0.4, -0.2) is 90.9 Å². The second kappa shape index (κ2) is 10.3. The Labute approximate surface area is 242 Å². The highest BCUT2D eigenvalue weighted by Crippen LogP contribution is 2.68. The Morgan fingerprint density at radius 2 is 1.77 bits per heavy atom. The first-order valence-electron chi connectivity index (χ1n) is 14.7. The van der Waals surface area contributed by atoms with Crippen LogP contribution in [0, 0.1) is 16.7 Å². The Morgan fingerprint density at radius 1 is 1.20 bits per heavy atom. The second-order valence-corrected chi connectivity index (χ2v) is 20.4. The number of rotatable bonds is 7. The van der Waals surface area contributed by atoms with Crippen LogP contribution < -0.4 is 0 Å². The van der Waals surface area contributed by atoms with Gasteiger partial charge in [0.05, 0.1) is 24.2 Å². The minimum Gasteiger partial charge on any atom is -0.456 e. The fourth-order valence-electron chi connectivity index (χ4n) is 7.69. The lowest BCUT2D eigenvalue weighted by molar-refractivity contribution is -0.369. The molecule has 0 radical (unpaired) electrons. The normalized spacial score (nSPS) is 41.7. The highest BCUT2D eigenvalue weighted by atomic mass is 28.4. The average Bonchev–Trinajstić information content (AvgIpc) is 2.79. The third-order valence-electron chi connectivity index (χ3n) is 11.0. The summed E-state index contributed by atoms with van der Waals surface area (Å²) in [4.78, 5) is 29.4. The third kappa shape index (κ3) is 4.96. The molecular formula is C31H55NO7Si. The van der Waals surface area contributed by atoms with E-state index in [0.29, 0.717) is 13.0 Å². The zero-order valence-electron chi connectivity index (χ0n) is 27.0. The van der Waals surface area contributed by atoms with E-state index in [0.717, 1.165) is 6.42 Å². The maximum Gasteiger partial charge on any atom is 0.307 e. The maximum atomic E-state index is 14.4. The van der Waals surface area contributed by atoms with E-state index in [1.165, 1.54) is 0 Å². The minimum absolute atomic E-state index is 0.0878. The third-order valence-corrected chi connectivity index (χ3v) is 15.4. The van der Waals surface area contributed by atoms with Gasteiger partial charge in [0.1, 0.15) is 5.60 Å². The molecule has 2 N–H and O–H groups in total. The number of nitrogens with zero attached hydrogens (tertiary/aromatic N) is 1. The summed E-state index contributed by atoms with van der Waals surface area (Å²) in [6, 6.07) is 0. The molecule has 230 valence electrons. The molecule has 1 saturated heterocycles. The number of carbonyl (C=O) groups excluding carboxylic acids is 2. The van der Waals surface area contributed by atoms with Crippen molar-refractivity contribution in [2.45, 2.75) is 134 Å². The van der Waals surface area contributed by atoms with Crippen molar-refractivity contribution in [1.82, 2.24) is 4.90 Å². The van der Waals surface area contributed by atoms with Crippen LogP contribution in [0.4, 0.5) is 0 Å². The predicted octanol–water partition coefficient (Wildman–Crippen LogP) is 4.48. The molecule has 9 heteroatoms. The number of aliphatic hydroxyl groups is 2. The molecule has 40 heavy (non-hydrogen) atoms. The first kappa shape index (κ1) is 33.4. The van der Waals surface area contributed by atoms with Gasteiger partial charge in [-0.1, -0.05) is 47.6 Å². The van der Waals surface area contributed by atoms with Crippen LogP contribution >= 0.6 is 0 Å². The van der Waals surface area contributed by atoms with E-state index in [1.54, 1.807) is 19.9 Å². The zero-order chi connectivity index (χ0) is 30.9. The van der Waals surface area contributed by atoms with Crippen LogP contribution in [0.5, 0.6) is 0 Å². The molecule has 0 aromatic carbocycles. The number of ketones is 1. The Kier molecular flexibility index (Phi) is 8.57. The monoisotopic (exact) mass is 581 g/mol. The highest BCUT2D eigenvalue weighted by Gasteiger charge is 2.81. The van der Waals surface area contributed by atoms with Crippen molar-refractivity contribution >= 4 is 20.1 Å². The number of ether oxygens (including phenoxy) is 2. The molecule has 2 aliphatic carbocycles. The van der Waals surface area contributed by atoms with E-state index in [4.69, 9.17) is 13.9 Å². The number of carbonyl (C=O) groups is 2. The summed E-state index contributed by atoms with van der Waals surface area (Å²) in [5, 5.41) is 25.2. The fourth-order valence-corrected chi connectivity index (χ4v) is 9.12. The molecule has 8 nitrogen and oxygen atoms in total. The van der Waals surface area contributed by atoms with Crippen molar-refractivity contribution in [3.05, 3.63) is 12.7 Å². The van der Waals surface area contributed by atoms with E-state index in [2.05, 4.69) is 54.3 Å². The van der Waals surface area contributed by atoms with Gasteiger partial charge in [-0.2, -0.15) is 0 Å². The van der Waals surface area contributed by atoms with Crippen LogP contribution in [0.3, 0.4) is 0 Å². The number of hydrogen-bond donors (Lipinski definition) is 2. The van der Waals surface area contributed by atoms with Crippen molar-refractivity contribution < 1.29 is 33.7 Å². The molecule has 0 spiro atoms. The van der Waals surface area contributed by atoms with Crippen molar-refractivity contribution in [3.8, 4) is 0 Å². The molecule has 0 bridgehead atoms. The van der Waals surface area contributed by atoms with Crippen LogP contribution in [0.15, 0.2) is 12.7 Å². The maximum absolute atomic E-state index is 14.4. The largest absolute Gasteiger partial charge is 0.456 e. The number of fused-ring (bicyclic) bond motifs is 3. The van der Waals surface area contributed by atoms with Crippen molar-refractivity contribution in [2.75, 3.05) is 20.6 Å².